The molecule has 2 amide bonds. The number of amides is 2. The second-order valence-corrected chi connectivity index (χ2v) is 3.48. The van der Waals surface area contributed by atoms with Crippen LogP contribution in [0.15, 0.2) is 0 Å². The highest BCUT2D eigenvalue weighted by Crippen LogP contribution is 2.02. The van der Waals surface area contributed by atoms with Crippen LogP contribution < -0.4 is 10.6 Å². The number of ether oxygens (including phenoxy) is 1. The Kier molecular flexibility index (Phi) is 4.36. The molecule has 0 aromatic heterocycles. The Hall–Kier alpha value is -1.30. The lowest BCUT2D eigenvalue weighted by molar-refractivity contribution is -0.139. The molecule has 1 rings (SSSR count). The molecule has 6 nitrogen and oxygen atoms in total. The van der Waals surface area contributed by atoms with Gasteiger partial charge in [-0.25, -0.2) is 9.59 Å². The smallest absolute Gasteiger partial charge is 0.326 e. The van der Waals surface area contributed by atoms with Crippen LogP contribution in [0.4, 0.5) is 4.79 Å². The molecule has 0 radical (unpaired) electrons. The minimum Gasteiger partial charge on any atom is -0.480 e. The molecule has 1 saturated heterocycles. The Morgan fingerprint density at radius 3 is 2.80 bits per heavy atom. The van der Waals surface area contributed by atoms with Gasteiger partial charge in [-0.3, -0.25) is 0 Å². The Morgan fingerprint density at radius 1 is 1.60 bits per heavy atom. The van der Waals surface area contributed by atoms with E-state index in [4.69, 9.17) is 9.84 Å². The predicted molar refractivity (Wildman–Crippen MR) is 52.6 cm³/mol. The molecular weight excluding hydrogens is 200 g/mol. The highest BCUT2D eigenvalue weighted by Gasteiger charge is 2.21. The summed E-state index contributed by atoms with van der Waals surface area (Å²) in [4.78, 5) is 22.0. The molecule has 6 heteroatoms. The fraction of sp³-hybridized carbons (Fsp3) is 0.778. The topological polar surface area (TPSA) is 87.7 Å². The molecule has 2 atom stereocenters. The van der Waals surface area contributed by atoms with E-state index in [0.29, 0.717) is 19.6 Å². The largest absolute Gasteiger partial charge is 0.480 e. The normalized spacial score (nSPS) is 22.1. The van der Waals surface area contributed by atoms with Crippen LogP contribution in [-0.4, -0.2) is 42.4 Å². The highest BCUT2D eigenvalue weighted by atomic mass is 16.5. The zero-order chi connectivity index (χ0) is 11.3. The lowest BCUT2D eigenvalue weighted by atomic mass is 10.2. The van der Waals surface area contributed by atoms with Gasteiger partial charge in [0, 0.05) is 6.61 Å². The predicted octanol–water partition coefficient (Wildman–Crippen LogP) is -0.0623. The standard InChI is InChI=1S/C9H16N2O4/c1-2-7(8(12)13)11-9(14)10-6-3-4-15-5-6/h6-7H,2-5H2,1H3,(H,12,13)(H2,10,11,14)/t6?,7-/m1/s1. The van der Waals surface area contributed by atoms with E-state index in [0.717, 1.165) is 6.42 Å². The molecule has 0 bridgehead atoms. The number of carbonyl (C=O) groups excluding carboxylic acids is 1. The third-order valence-electron chi connectivity index (χ3n) is 2.28. The molecule has 0 aromatic rings. The highest BCUT2D eigenvalue weighted by molar-refractivity contribution is 5.82. The van der Waals surface area contributed by atoms with Gasteiger partial charge in [0.25, 0.3) is 0 Å². The summed E-state index contributed by atoms with van der Waals surface area (Å²) in [5, 5.41) is 13.8. The van der Waals surface area contributed by atoms with Crippen LogP contribution in [0, 0.1) is 0 Å². The molecule has 1 fully saturated rings. The number of carboxylic acid groups (broad SMARTS) is 1. The molecule has 86 valence electrons. The fourth-order valence-electron chi connectivity index (χ4n) is 1.37. The van der Waals surface area contributed by atoms with Gasteiger partial charge in [0.15, 0.2) is 0 Å². The van der Waals surface area contributed by atoms with E-state index in [1.165, 1.54) is 0 Å². The molecular formula is C9H16N2O4. The number of urea groups is 1. The van der Waals surface area contributed by atoms with E-state index < -0.39 is 18.0 Å². The minimum atomic E-state index is -1.02. The van der Waals surface area contributed by atoms with Crippen molar-refractivity contribution in [3.05, 3.63) is 0 Å². The lowest BCUT2D eigenvalue weighted by Gasteiger charge is -2.15. The Balaban J connectivity index is 2.30. The number of hydrogen-bond donors (Lipinski definition) is 3. The van der Waals surface area contributed by atoms with Crippen molar-refractivity contribution in [3.8, 4) is 0 Å². The molecule has 0 aromatic carbocycles. The molecule has 3 N–H and O–H groups in total. The van der Waals surface area contributed by atoms with Crippen molar-refractivity contribution in [1.29, 1.82) is 0 Å². The average molecular weight is 216 g/mol. The first-order chi connectivity index (χ1) is 7.13. The average Bonchev–Trinajstić information content (AvgIpc) is 2.66. The number of carboxylic acids is 1. The molecule has 0 saturated carbocycles. The number of carbonyl (C=O) groups is 2. The molecule has 1 aliphatic rings. The molecule has 1 aliphatic heterocycles. The second kappa shape index (κ2) is 5.55. The first kappa shape index (κ1) is 11.8. The summed E-state index contributed by atoms with van der Waals surface area (Å²) in [6.07, 6.45) is 1.14. The van der Waals surface area contributed by atoms with Crippen molar-refractivity contribution in [3.63, 3.8) is 0 Å². The quantitative estimate of drug-likeness (QED) is 0.614. The van der Waals surface area contributed by atoms with Gasteiger partial charge in [-0.15, -0.1) is 0 Å². The second-order valence-electron chi connectivity index (χ2n) is 3.48. The minimum absolute atomic E-state index is 0.00342. The van der Waals surface area contributed by atoms with E-state index in [9.17, 15) is 9.59 Å². The number of aliphatic carboxylic acids is 1. The summed E-state index contributed by atoms with van der Waals surface area (Å²) in [7, 11) is 0. The Morgan fingerprint density at radius 2 is 2.33 bits per heavy atom. The Bertz CT molecular complexity index is 238. The number of nitrogens with one attached hydrogen (secondary N) is 2. The Labute approximate surface area is 88.0 Å². The van der Waals surface area contributed by atoms with Crippen LogP contribution >= 0.6 is 0 Å². The first-order valence-electron chi connectivity index (χ1n) is 5.01. The SMILES string of the molecule is CC[C@@H](NC(=O)NC1CCOC1)C(=O)O. The monoisotopic (exact) mass is 216 g/mol. The van der Waals surface area contributed by atoms with Crippen LogP contribution in [0.2, 0.25) is 0 Å². The van der Waals surface area contributed by atoms with Crippen LogP contribution in [0.3, 0.4) is 0 Å². The molecule has 1 unspecified atom stereocenters. The van der Waals surface area contributed by atoms with E-state index in [1.54, 1.807) is 6.92 Å². The maximum atomic E-state index is 11.3. The lowest BCUT2D eigenvalue weighted by Crippen LogP contribution is -2.48. The summed E-state index contributed by atoms with van der Waals surface area (Å²) < 4.78 is 5.08. The molecule has 0 aliphatic carbocycles. The summed E-state index contributed by atoms with van der Waals surface area (Å²) in [5.41, 5.74) is 0. The van der Waals surface area contributed by atoms with Gasteiger partial charge in [0.05, 0.1) is 12.6 Å². The van der Waals surface area contributed by atoms with Gasteiger partial charge in [0.2, 0.25) is 0 Å². The van der Waals surface area contributed by atoms with Crippen molar-refractivity contribution in [2.75, 3.05) is 13.2 Å². The van der Waals surface area contributed by atoms with Crippen molar-refractivity contribution < 1.29 is 19.4 Å². The van der Waals surface area contributed by atoms with Gasteiger partial charge in [-0.05, 0) is 12.8 Å². The van der Waals surface area contributed by atoms with Crippen molar-refractivity contribution in [2.45, 2.75) is 31.8 Å². The summed E-state index contributed by atoms with van der Waals surface area (Å²) in [6, 6.07) is -1.27. The molecule has 15 heavy (non-hydrogen) atoms. The number of rotatable bonds is 4. The first-order valence-corrected chi connectivity index (χ1v) is 5.01. The van der Waals surface area contributed by atoms with Gasteiger partial charge in [0.1, 0.15) is 6.04 Å². The third kappa shape index (κ3) is 3.75. The molecule has 1 heterocycles. The fourth-order valence-corrected chi connectivity index (χ4v) is 1.37. The van der Waals surface area contributed by atoms with Crippen LogP contribution in [-0.2, 0) is 9.53 Å². The van der Waals surface area contributed by atoms with E-state index in [-0.39, 0.29) is 6.04 Å². The van der Waals surface area contributed by atoms with Gasteiger partial charge in [-0.2, -0.15) is 0 Å². The molecule has 0 spiro atoms. The zero-order valence-corrected chi connectivity index (χ0v) is 8.66. The maximum absolute atomic E-state index is 11.3. The maximum Gasteiger partial charge on any atom is 0.326 e. The van der Waals surface area contributed by atoms with Crippen LogP contribution in [0.1, 0.15) is 19.8 Å². The van der Waals surface area contributed by atoms with Crippen molar-refractivity contribution >= 4 is 12.0 Å². The van der Waals surface area contributed by atoms with Crippen LogP contribution in [0.25, 0.3) is 0 Å². The van der Waals surface area contributed by atoms with Gasteiger partial charge in [-0.1, -0.05) is 6.92 Å². The third-order valence-corrected chi connectivity index (χ3v) is 2.28. The van der Waals surface area contributed by atoms with Gasteiger partial charge >= 0.3 is 12.0 Å². The van der Waals surface area contributed by atoms with Crippen molar-refractivity contribution in [2.24, 2.45) is 0 Å². The summed E-state index contributed by atoms with van der Waals surface area (Å²) >= 11 is 0. The van der Waals surface area contributed by atoms with E-state index >= 15 is 0 Å². The van der Waals surface area contributed by atoms with Crippen molar-refractivity contribution in [1.82, 2.24) is 10.6 Å². The number of hydrogen-bond acceptors (Lipinski definition) is 3. The van der Waals surface area contributed by atoms with Crippen LogP contribution in [0.5, 0.6) is 0 Å². The summed E-state index contributed by atoms with van der Waals surface area (Å²) in [6.45, 7) is 2.84. The van der Waals surface area contributed by atoms with Gasteiger partial charge < -0.3 is 20.5 Å². The zero-order valence-electron chi connectivity index (χ0n) is 8.66. The summed E-state index contributed by atoms with van der Waals surface area (Å²) in [5.74, 6) is -1.02. The van der Waals surface area contributed by atoms with E-state index in [2.05, 4.69) is 10.6 Å². The van der Waals surface area contributed by atoms with E-state index in [1.807, 2.05) is 0 Å².